The van der Waals surface area contributed by atoms with Gasteiger partial charge in [-0.15, -0.1) is 0 Å². The van der Waals surface area contributed by atoms with Crippen LogP contribution >= 0.6 is 11.8 Å². The van der Waals surface area contributed by atoms with Gasteiger partial charge in [-0.2, -0.15) is 11.8 Å². The summed E-state index contributed by atoms with van der Waals surface area (Å²) in [6.07, 6.45) is 12.6. The summed E-state index contributed by atoms with van der Waals surface area (Å²) < 4.78 is 6.10. The quantitative estimate of drug-likeness (QED) is 0.376. The van der Waals surface area contributed by atoms with Crippen molar-refractivity contribution in [3.8, 4) is 0 Å². The van der Waals surface area contributed by atoms with Gasteiger partial charge in [0.1, 0.15) is 17.9 Å². The Morgan fingerprint density at radius 1 is 1.00 bits per heavy atom. The van der Waals surface area contributed by atoms with Crippen molar-refractivity contribution < 1.29 is 19.1 Å². The first kappa shape index (κ1) is 29.9. The van der Waals surface area contributed by atoms with E-state index in [1.165, 1.54) is 32.1 Å². The summed E-state index contributed by atoms with van der Waals surface area (Å²) in [7, 11) is 0. The van der Waals surface area contributed by atoms with E-state index in [9.17, 15) is 14.4 Å². The molecule has 0 spiro atoms. The van der Waals surface area contributed by atoms with Gasteiger partial charge in [0.15, 0.2) is 0 Å². The molecule has 0 aromatic rings. The number of Topliss-reactive ketones (excluding diaryl/α,β-unsaturated/α-hetero) is 1. The van der Waals surface area contributed by atoms with Crippen LogP contribution in [-0.4, -0.2) is 47.9 Å². The van der Waals surface area contributed by atoms with Gasteiger partial charge in [0.2, 0.25) is 5.91 Å². The van der Waals surface area contributed by atoms with E-state index >= 15 is 0 Å². The van der Waals surface area contributed by atoms with Gasteiger partial charge in [-0.1, -0.05) is 27.7 Å². The second-order valence-corrected chi connectivity index (χ2v) is 14.9. The molecule has 0 aromatic carbocycles. The number of ether oxygens (including phenoxy) is 1. The van der Waals surface area contributed by atoms with Crippen molar-refractivity contribution in [3.63, 3.8) is 0 Å². The van der Waals surface area contributed by atoms with Crippen molar-refractivity contribution in [1.29, 1.82) is 0 Å². The third-order valence-electron chi connectivity index (χ3n) is 11.6. The van der Waals surface area contributed by atoms with Crippen LogP contribution in [0.2, 0.25) is 0 Å². The van der Waals surface area contributed by atoms with Gasteiger partial charge in [-0.25, -0.2) is 4.79 Å². The largest absolute Gasteiger partial charge is 0.461 e. The van der Waals surface area contributed by atoms with Crippen LogP contribution < -0.4 is 11.1 Å². The van der Waals surface area contributed by atoms with E-state index in [4.69, 9.17) is 10.5 Å². The van der Waals surface area contributed by atoms with Gasteiger partial charge in [-0.05, 0) is 124 Å². The van der Waals surface area contributed by atoms with Crippen LogP contribution in [0.4, 0.5) is 0 Å². The standard InChI is InChI=1S/C31H52N2O4S/c1-18(2)27(33-28(35)26(32)13-16-38-6)29(36)37-21-11-14-30(4)20(17-21)7-8-22-24-10-9-23(19(3)34)31(24,5)15-12-25(22)30/h18,20-27H,7-17,32H2,1-6H3,(H,33,35)/t20-,21+,22-,23+,24-,25-,26-,27-,30-,31+/m0/s1. The molecule has 4 saturated carbocycles. The predicted octanol–water partition coefficient (Wildman–Crippen LogP) is 5.37. The lowest BCUT2D eigenvalue weighted by Gasteiger charge is -2.61. The van der Waals surface area contributed by atoms with E-state index in [1.807, 2.05) is 20.1 Å². The molecule has 4 aliphatic rings. The SMILES string of the molecule is CSCC[C@H](N)C(=O)N[C@H](C(=O)O[C@@H]1CC[C@@]2(C)[C@@H](CC[C@@H]3[C@@H]2CC[C@]2(C)[C@@H](C(C)=O)CC[C@@H]32)C1)C(C)C. The fourth-order valence-corrected chi connectivity index (χ4v) is 9.85. The van der Waals surface area contributed by atoms with Crippen LogP contribution in [0.3, 0.4) is 0 Å². The average Bonchev–Trinajstić information content (AvgIpc) is 3.23. The van der Waals surface area contributed by atoms with Crippen LogP contribution in [0.25, 0.3) is 0 Å². The normalized spacial score (nSPS) is 39.9. The Balaban J connectivity index is 1.37. The van der Waals surface area contributed by atoms with Gasteiger partial charge in [0.25, 0.3) is 0 Å². The topological polar surface area (TPSA) is 98.5 Å². The minimum atomic E-state index is -0.667. The predicted molar refractivity (Wildman–Crippen MR) is 154 cm³/mol. The van der Waals surface area contributed by atoms with Crippen LogP contribution in [0.5, 0.6) is 0 Å². The average molecular weight is 549 g/mol. The first-order valence-electron chi connectivity index (χ1n) is 15.2. The molecule has 6 nitrogen and oxygen atoms in total. The van der Waals surface area contributed by atoms with E-state index in [0.29, 0.717) is 30.0 Å². The number of carbonyl (C=O) groups excluding carboxylic acids is 3. The highest BCUT2D eigenvalue weighted by atomic mass is 32.2. The summed E-state index contributed by atoms with van der Waals surface area (Å²) in [5, 5.41) is 2.88. The van der Waals surface area contributed by atoms with E-state index in [2.05, 4.69) is 19.2 Å². The van der Waals surface area contributed by atoms with E-state index in [-0.39, 0.29) is 40.6 Å². The van der Waals surface area contributed by atoms with Crippen LogP contribution in [0, 0.1) is 46.3 Å². The molecule has 4 fully saturated rings. The van der Waals surface area contributed by atoms with Gasteiger partial charge >= 0.3 is 5.97 Å². The highest BCUT2D eigenvalue weighted by Crippen LogP contribution is 2.67. The number of fused-ring (bicyclic) bond motifs is 5. The van der Waals surface area contributed by atoms with Crippen molar-refractivity contribution in [1.82, 2.24) is 5.32 Å². The summed E-state index contributed by atoms with van der Waals surface area (Å²) in [5.74, 6) is 3.50. The van der Waals surface area contributed by atoms with Gasteiger partial charge < -0.3 is 15.8 Å². The Hall–Kier alpha value is -1.08. The molecule has 0 saturated heterocycles. The van der Waals surface area contributed by atoms with Gasteiger partial charge in [0.05, 0.1) is 6.04 Å². The zero-order chi connectivity index (χ0) is 27.8. The molecule has 0 unspecified atom stereocenters. The molecule has 0 radical (unpaired) electrons. The van der Waals surface area contributed by atoms with Crippen LogP contribution in [0.15, 0.2) is 0 Å². The summed E-state index contributed by atoms with van der Waals surface area (Å²) in [6.45, 7) is 10.6. The monoisotopic (exact) mass is 548 g/mol. The molecule has 3 N–H and O–H groups in total. The Kier molecular flexibility index (Phi) is 9.28. The summed E-state index contributed by atoms with van der Waals surface area (Å²) in [5.41, 5.74) is 6.53. The fraction of sp³-hybridized carbons (Fsp3) is 0.903. The number of esters is 1. The number of nitrogens with one attached hydrogen (secondary N) is 1. The number of nitrogens with two attached hydrogens (primary N) is 1. The summed E-state index contributed by atoms with van der Waals surface area (Å²) in [6, 6.07) is -1.27. The molecule has 0 aromatic heterocycles. The first-order valence-corrected chi connectivity index (χ1v) is 16.6. The smallest absolute Gasteiger partial charge is 0.329 e. The Morgan fingerprint density at radius 3 is 2.34 bits per heavy atom. The fourth-order valence-electron chi connectivity index (χ4n) is 9.37. The molecular weight excluding hydrogens is 496 g/mol. The van der Waals surface area contributed by atoms with E-state index < -0.39 is 12.1 Å². The third-order valence-corrected chi connectivity index (χ3v) is 12.2. The second-order valence-electron chi connectivity index (χ2n) is 13.9. The molecule has 0 heterocycles. The van der Waals surface area contributed by atoms with Crippen molar-refractivity contribution in [2.24, 2.45) is 52.1 Å². The molecule has 10 atom stereocenters. The third kappa shape index (κ3) is 5.57. The number of amides is 1. The lowest BCUT2D eigenvalue weighted by atomic mass is 9.44. The maximum atomic E-state index is 13.2. The molecule has 0 aliphatic heterocycles. The second kappa shape index (κ2) is 11.8. The Bertz CT molecular complexity index is 895. The Labute approximate surface area is 234 Å². The van der Waals surface area contributed by atoms with Crippen molar-refractivity contribution in [2.45, 2.75) is 117 Å². The van der Waals surface area contributed by atoms with Crippen LogP contribution in [0.1, 0.15) is 98.8 Å². The van der Waals surface area contributed by atoms with Crippen molar-refractivity contribution >= 4 is 29.4 Å². The Morgan fingerprint density at radius 2 is 1.68 bits per heavy atom. The van der Waals surface area contributed by atoms with Gasteiger partial charge in [0, 0.05) is 5.92 Å². The number of hydrogen-bond acceptors (Lipinski definition) is 6. The summed E-state index contributed by atoms with van der Waals surface area (Å²) in [4.78, 5) is 38.3. The number of rotatable bonds is 9. The lowest BCUT2D eigenvalue weighted by Crippen LogP contribution is -2.55. The molecule has 1 amide bonds. The zero-order valence-electron chi connectivity index (χ0n) is 24.6. The van der Waals surface area contributed by atoms with Crippen molar-refractivity contribution in [2.75, 3.05) is 12.0 Å². The van der Waals surface area contributed by atoms with E-state index in [0.717, 1.165) is 37.4 Å². The number of carbonyl (C=O) groups is 3. The molecular formula is C31H52N2O4S. The maximum Gasteiger partial charge on any atom is 0.329 e. The molecule has 216 valence electrons. The minimum absolute atomic E-state index is 0.0646. The molecule has 4 rings (SSSR count). The number of ketones is 1. The highest BCUT2D eigenvalue weighted by Gasteiger charge is 2.61. The summed E-state index contributed by atoms with van der Waals surface area (Å²) >= 11 is 1.66. The molecule has 7 heteroatoms. The highest BCUT2D eigenvalue weighted by molar-refractivity contribution is 7.98. The molecule has 38 heavy (non-hydrogen) atoms. The minimum Gasteiger partial charge on any atom is -0.461 e. The van der Waals surface area contributed by atoms with Gasteiger partial charge in [-0.3, -0.25) is 9.59 Å². The number of thioether (sulfide) groups is 1. The first-order chi connectivity index (χ1) is 17.9. The lowest BCUT2D eigenvalue weighted by molar-refractivity contribution is -0.166. The number of hydrogen-bond donors (Lipinski definition) is 2. The van der Waals surface area contributed by atoms with Crippen LogP contribution in [-0.2, 0) is 19.1 Å². The molecule has 4 aliphatic carbocycles. The molecule has 0 bridgehead atoms. The van der Waals surface area contributed by atoms with E-state index in [1.54, 1.807) is 18.7 Å². The van der Waals surface area contributed by atoms with Crippen molar-refractivity contribution in [3.05, 3.63) is 0 Å². The zero-order valence-corrected chi connectivity index (χ0v) is 25.4. The maximum absolute atomic E-state index is 13.2.